The summed E-state index contributed by atoms with van der Waals surface area (Å²) in [5.41, 5.74) is 2.50. The van der Waals surface area contributed by atoms with E-state index in [0.29, 0.717) is 4.83 Å². The highest BCUT2D eigenvalue weighted by Gasteiger charge is 2.25. The standard InChI is InChI=1S/C15H20Br2O/c1-10-8-14(18-2)12(9-13(10)16)15(17)11-6-4-3-5-7-11/h8-9,11,15H,3-7H2,1-2H3. The second-order valence-electron chi connectivity index (χ2n) is 5.14. The van der Waals surface area contributed by atoms with Gasteiger partial charge in [0.2, 0.25) is 0 Å². The van der Waals surface area contributed by atoms with Gasteiger partial charge in [0.05, 0.1) is 7.11 Å². The van der Waals surface area contributed by atoms with Crippen molar-refractivity contribution in [2.75, 3.05) is 7.11 Å². The predicted molar refractivity (Wildman–Crippen MR) is 83.7 cm³/mol. The van der Waals surface area contributed by atoms with E-state index < -0.39 is 0 Å². The topological polar surface area (TPSA) is 9.23 Å². The summed E-state index contributed by atoms with van der Waals surface area (Å²) in [7, 11) is 1.76. The highest BCUT2D eigenvalue weighted by Crippen LogP contribution is 2.44. The normalized spacial score (nSPS) is 18.7. The largest absolute Gasteiger partial charge is 0.496 e. The van der Waals surface area contributed by atoms with Crippen molar-refractivity contribution in [3.8, 4) is 5.75 Å². The molecule has 1 unspecified atom stereocenters. The van der Waals surface area contributed by atoms with Crippen LogP contribution in [0.2, 0.25) is 0 Å². The first-order valence-electron chi connectivity index (χ1n) is 6.61. The Hall–Kier alpha value is -0.0200. The molecular weight excluding hydrogens is 356 g/mol. The minimum Gasteiger partial charge on any atom is -0.496 e. The van der Waals surface area contributed by atoms with Crippen molar-refractivity contribution in [3.63, 3.8) is 0 Å². The first-order chi connectivity index (χ1) is 8.63. The van der Waals surface area contributed by atoms with Crippen molar-refractivity contribution in [1.29, 1.82) is 0 Å². The number of aryl methyl sites for hydroxylation is 1. The van der Waals surface area contributed by atoms with Crippen LogP contribution < -0.4 is 4.74 Å². The van der Waals surface area contributed by atoms with E-state index in [1.54, 1.807) is 7.11 Å². The Morgan fingerprint density at radius 1 is 1.22 bits per heavy atom. The Bertz CT molecular complexity index is 411. The molecule has 0 bridgehead atoms. The van der Waals surface area contributed by atoms with Crippen LogP contribution in [0.5, 0.6) is 5.75 Å². The number of hydrogen-bond acceptors (Lipinski definition) is 1. The number of ether oxygens (including phenoxy) is 1. The zero-order valence-electron chi connectivity index (χ0n) is 11.0. The molecule has 0 radical (unpaired) electrons. The molecule has 1 saturated carbocycles. The maximum Gasteiger partial charge on any atom is 0.123 e. The zero-order valence-corrected chi connectivity index (χ0v) is 14.2. The third-order valence-corrected chi connectivity index (χ3v) is 5.97. The minimum absolute atomic E-state index is 0.407. The van der Waals surface area contributed by atoms with Crippen molar-refractivity contribution >= 4 is 31.9 Å². The molecule has 100 valence electrons. The molecule has 1 aromatic carbocycles. The number of methoxy groups -OCH3 is 1. The van der Waals surface area contributed by atoms with Crippen LogP contribution in [0.3, 0.4) is 0 Å². The van der Waals surface area contributed by atoms with E-state index in [9.17, 15) is 0 Å². The van der Waals surface area contributed by atoms with Gasteiger partial charge in [0.25, 0.3) is 0 Å². The third kappa shape index (κ3) is 3.11. The van der Waals surface area contributed by atoms with Crippen molar-refractivity contribution < 1.29 is 4.74 Å². The summed E-state index contributed by atoms with van der Waals surface area (Å²) in [6, 6.07) is 4.33. The Morgan fingerprint density at radius 3 is 2.50 bits per heavy atom. The predicted octanol–water partition coefficient (Wildman–Crippen LogP) is 5.78. The Labute approximate surface area is 127 Å². The van der Waals surface area contributed by atoms with Gasteiger partial charge in [-0.05, 0) is 43.4 Å². The maximum absolute atomic E-state index is 5.54. The quantitative estimate of drug-likeness (QED) is 0.608. The smallest absolute Gasteiger partial charge is 0.123 e. The van der Waals surface area contributed by atoms with E-state index in [0.717, 1.165) is 11.7 Å². The molecule has 0 aliphatic heterocycles. The summed E-state index contributed by atoms with van der Waals surface area (Å²) >= 11 is 7.52. The molecule has 2 rings (SSSR count). The molecule has 0 aromatic heterocycles. The average Bonchev–Trinajstić information content (AvgIpc) is 2.41. The van der Waals surface area contributed by atoms with E-state index >= 15 is 0 Å². The summed E-state index contributed by atoms with van der Waals surface area (Å²) in [4.78, 5) is 0.407. The Morgan fingerprint density at radius 2 is 1.89 bits per heavy atom. The SMILES string of the molecule is COc1cc(C)c(Br)cc1C(Br)C1CCCCC1. The molecule has 0 spiro atoms. The summed E-state index contributed by atoms with van der Waals surface area (Å²) < 4.78 is 6.71. The lowest BCUT2D eigenvalue weighted by Gasteiger charge is -2.28. The van der Waals surface area contributed by atoms with Crippen LogP contribution in [0.15, 0.2) is 16.6 Å². The molecule has 1 aromatic rings. The number of halogens is 2. The van der Waals surface area contributed by atoms with Crippen molar-refractivity contribution in [2.45, 2.75) is 43.9 Å². The van der Waals surface area contributed by atoms with Crippen LogP contribution in [0, 0.1) is 12.8 Å². The molecule has 18 heavy (non-hydrogen) atoms. The lowest BCUT2D eigenvalue weighted by Crippen LogP contribution is -2.12. The lowest BCUT2D eigenvalue weighted by molar-refractivity contribution is 0.346. The number of hydrogen-bond donors (Lipinski definition) is 0. The molecule has 1 aliphatic carbocycles. The van der Waals surface area contributed by atoms with Crippen LogP contribution in [0.1, 0.15) is 48.1 Å². The Balaban J connectivity index is 2.27. The second-order valence-corrected chi connectivity index (χ2v) is 6.98. The maximum atomic E-state index is 5.54. The average molecular weight is 376 g/mol. The molecule has 1 fully saturated rings. The molecule has 3 heteroatoms. The van der Waals surface area contributed by atoms with E-state index in [1.807, 2.05) is 0 Å². The van der Waals surface area contributed by atoms with Crippen molar-refractivity contribution in [2.24, 2.45) is 5.92 Å². The van der Waals surface area contributed by atoms with Crippen molar-refractivity contribution in [3.05, 3.63) is 27.7 Å². The minimum atomic E-state index is 0.407. The third-order valence-electron chi connectivity index (χ3n) is 3.87. The van der Waals surface area contributed by atoms with Gasteiger partial charge in [0.1, 0.15) is 5.75 Å². The lowest BCUT2D eigenvalue weighted by atomic mass is 9.84. The highest BCUT2D eigenvalue weighted by atomic mass is 79.9. The Kier molecular flexibility index (Phi) is 5.14. The first-order valence-corrected chi connectivity index (χ1v) is 8.32. The monoisotopic (exact) mass is 374 g/mol. The molecule has 1 atom stereocenters. The van der Waals surface area contributed by atoms with Crippen LogP contribution in [-0.2, 0) is 0 Å². The summed E-state index contributed by atoms with van der Waals surface area (Å²) in [5, 5.41) is 0. The van der Waals surface area contributed by atoms with Gasteiger partial charge in [-0.2, -0.15) is 0 Å². The molecule has 1 nitrogen and oxygen atoms in total. The molecular formula is C15H20Br2O. The van der Waals surface area contributed by atoms with Gasteiger partial charge in [-0.3, -0.25) is 0 Å². The van der Waals surface area contributed by atoms with Crippen molar-refractivity contribution in [1.82, 2.24) is 0 Å². The molecule has 0 saturated heterocycles. The first kappa shape index (κ1) is 14.4. The van der Waals surface area contributed by atoms with Gasteiger partial charge in [-0.25, -0.2) is 0 Å². The molecule has 0 amide bonds. The summed E-state index contributed by atoms with van der Waals surface area (Å²) in [6.07, 6.45) is 6.77. The summed E-state index contributed by atoms with van der Waals surface area (Å²) in [5.74, 6) is 1.74. The molecule has 0 N–H and O–H groups in total. The molecule has 0 heterocycles. The number of rotatable bonds is 3. The van der Waals surface area contributed by atoms with Gasteiger partial charge in [-0.1, -0.05) is 51.1 Å². The van der Waals surface area contributed by atoms with E-state index in [-0.39, 0.29) is 0 Å². The number of benzene rings is 1. The fourth-order valence-electron chi connectivity index (χ4n) is 2.74. The van der Waals surface area contributed by atoms with Crippen LogP contribution in [0.4, 0.5) is 0 Å². The fraction of sp³-hybridized carbons (Fsp3) is 0.600. The van der Waals surface area contributed by atoms with Gasteiger partial charge < -0.3 is 4.74 Å². The zero-order chi connectivity index (χ0) is 13.1. The van der Waals surface area contributed by atoms with Gasteiger partial charge in [0.15, 0.2) is 0 Å². The summed E-state index contributed by atoms with van der Waals surface area (Å²) in [6.45, 7) is 2.10. The van der Waals surface area contributed by atoms with Crippen LogP contribution in [0.25, 0.3) is 0 Å². The van der Waals surface area contributed by atoms with Crippen LogP contribution in [-0.4, -0.2) is 7.11 Å². The fourth-order valence-corrected chi connectivity index (χ4v) is 3.99. The van der Waals surface area contributed by atoms with Gasteiger partial charge in [-0.15, -0.1) is 0 Å². The van der Waals surface area contributed by atoms with E-state index in [4.69, 9.17) is 4.74 Å². The highest BCUT2D eigenvalue weighted by molar-refractivity contribution is 9.10. The van der Waals surface area contributed by atoms with Gasteiger partial charge in [0, 0.05) is 14.9 Å². The second kappa shape index (κ2) is 6.42. The number of alkyl halides is 1. The van der Waals surface area contributed by atoms with Gasteiger partial charge >= 0.3 is 0 Å². The van der Waals surface area contributed by atoms with Crippen LogP contribution >= 0.6 is 31.9 Å². The van der Waals surface area contributed by atoms with E-state index in [2.05, 4.69) is 50.9 Å². The van der Waals surface area contributed by atoms with E-state index in [1.165, 1.54) is 47.7 Å². The molecule has 1 aliphatic rings.